The highest BCUT2D eigenvalue weighted by molar-refractivity contribution is 6.21. The lowest BCUT2D eigenvalue weighted by molar-refractivity contribution is -0.274. The quantitative estimate of drug-likeness (QED) is 0.517. The highest BCUT2D eigenvalue weighted by Gasteiger charge is 2.43. The summed E-state index contributed by atoms with van der Waals surface area (Å²) in [6.07, 6.45) is -3.38. The van der Waals surface area contributed by atoms with Crippen molar-refractivity contribution >= 4 is 29.4 Å². The third-order valence-corrected chi connectivity index (χ3v) is 5.27. The monoisotopic (exact) mass is 484 g/mol. The molecule has 180 valence electrons. The largest absolute Gasteiger partial charge is 0.573 e. The Balaban J connectivity index is 1.47. The summed E-state index contributed by atoms with van der Waals surface area (Å²) in [5.74, 6) is -1.06. The fourth-order valence-corrected chi connectivity index (χ4v) is 3.56. The number of benzene rings is 2. The zero-order chi connectivity index (χ0) is 25.2. The standard InChI is InChI=1S/C24H19F3N4O4/c1-15-22(33)31(18-7-9-19(10-8-18)35-24(25,26)27)23(34)30(15)14-16-11-12-28-20(13-16)29-21(32)17-5-3-2-4-6-17/h2-13,15H,14H2,1H3,(H,28,29,32). The predicted molar refractivity (Wildman–Crippen MR) is 120 cm³/mol. The van der Waals surface area contributed by atoms with Gasteiger partial charge < -0.3 is 15.0 Å². The molecule has 1 aromatic heterocycles. The van der Waals surface area contributed by atoms with Crippen molar-refractivity contribution in [3.8, 4) is 5.75 Å². The molecule has 3 aromatic rings. The second-order valence-corrected chi connectivity index (χ2v) is 7.67. The van der Waals surface area contributed by atoms with Crippen molar-refractivity contribution in [1.82, 2.24) is 9.88 Å². The Bertz CT molecular complexity index is 1250. The first-order valence-corrected chi connectivity index (χ1v) is 10.4. The molecule has 4 amide bonds. The molecule has 1 N–H and O–H groups in total. The molecule has 1 fully saturated rings. The van der Waals surface area contributed by atoms with E-state index in [4.69, 9.17) is 0 Å². The number of hydrogen-bond acceptors (Lipinski definition) is 5. The minimum atomic E-state index is -4.85. The highest BCUT2D eigenvalue weighted by Crippen LogP contribution is 2.30. The second kappa shape index (κ2) is 9.45. The van der Waals surface area contributed by atoms with Crippen molar-refractivity contribution in [2.75, 3.05) is 10.2 Å². The van der Waals surface area contributed by atoms with E-state index < -0.39 is 30.1 Å². The van der Waals surface area contributed by atoms with Gasteiger partial charge in [-0.2, -0.15) is 0 Å². The minimum Gasteiger partial charge on any atom is -0.406 e. The first-order chi connectivity index (χ1) is 16.6. The van der Waals surface area contributed by atoms with Crippen LogP contribution in [0.3, 0.4) is 0 Å². The number of halogens is 3. The third kappa shape index (κ3) is 5.40. The van der Waals surface area contributed by atoms with Gasteiger partial charge in [0.25, 0.3) is 11.8 Å². The topological polar surface area (TPSA) is 91.8 Å². The zero-order valence-electron chi connectivity index (χ0n) is 18.3. The van der Waals surface area contributed by atoms with Crippen LogP contribution in [0.25, 0.3) is 0 Å². The number of nitrogens with zero attached hydrogens (tertiary/aromatic N) is 3. The molecule has 2 heterocycles. The molecule has 1 aliphatic rings. The fraction of sp³-hybridized carbons (Fsp3) is 0.167. The van der Waals surface area contributed by atoms with E-state index in [1.165, 1.54) is 23.2 Å². The van der Waals surface area contributed by atoms with Gasteiger partial charge >= 0.3 is 12.4 Å². The maximum Gasteiger partial charge on any atom is 0.573 e. The molecule has 1 unspecified atom stereocenters. The predicted octanol–water partition coefficient (Wildman–Crippen LogP) is 4.59. The van der Waals surface area contributed by atoms with Gasteiger partial charge in [-0.25, -0.2) is 14.7 Å². The number of amides is 4. The van der Waals surface area contributed by atoms with Gasteiger partial charge in [-0.1, -0.05) is 18.2 Å². The number of rotatable bonds is 6. The second-order valence-electron chi connectivity index (χ2n) is 7.67. The van der Waals surface area contributed by atoms with E-state index in [0.29, 0.717) is 11.1 Å². The lowest BCUT2D eigenvalue weighted by atomic mass is 10.2. The summed E-state index contributed by atoms with van der Waals surface area (Å²) < 4.78 is 41.0. The van der Waals surface area contributed by atoms with Gasteiger partial charge in [-0.3, -0.25) is 9.59 Å². The molecular formula is C24H19F3N4O4. The maximum atomic E-state index is 13.0. The minimum absolute atomic E-state index is 0.0498. The number of pyridine rings is 1. The lowest BCUT2D eigenvalue weighted by Crippen LogP contribution is -2.33. The normalized spacial score (nSPS) is 15.9. The van der Waals surface area contributed by atoms with Crippen molar-refractivity contribution in [2.24, 2.45) is 0 Å². The molecule has 1 atom stereocenters. The SMILES string of the molecule is CC1C(=O)N(c2ccc(OC(F)(F)F)cc2)C(=O)N1Cc1ccnc(NC(=O)c2ccccc2)c1. The van der Waals surface area contributed by atoms with E-state index >= 15 is 0 Å². The van der Waals surface area contributed by atoms with Crippen LogP contribution in [0.15, 0.2) is 72.9 Å². The molecule has 2 aromatic carbocycles. The van der Waals surface area contributed by atoms with Gasteiger partial charge in [0, 0.05) is 18.3 Å². The smallest absolute Gasteiger partial charge is 0.406 e. The first kappa shape index (κ1) is 23.7. The molecule has 0 saturated carbocycles. The van der Waals surface area contributed by atoms with Crippen molar-refractivity contribution in [2.45, 2.75) is 25.9 Å². The number of anilines is 2. The molecule has 0 spiro atoms. The fourth-order valence-electron chi connectivity index (χ4n) is 3.56. The van der Waals surface area contributed by atoms with Crippen LogP contribution in [0, 0.1) is 0 Å². The number of imide groups is 1. The number of carbonyl (C=O) groups is 3. The van der Waals surface area contributed by atoms with Gasteiger partial charge in [-0.15, -0.1) is 13.2 Å². The Morgan fingerprint density at radius 1 is 1.06 bits per heavy atom. The number of nitrogens with one attached hydrogen (secondary N) is 1. The first-order valence-electron chi connectivity index (χ1n) is 10.4. The summed E-state index contributed by atoms with van der Waals surface area (Å²) in [5, 5.41) is 2.69. The average molecular weight is 484 g/mol. The van der Waals surface area contributed by atoms with Crippen LogP contribution in [0.2, 0.25) is 0 Å². The molecule has 1 aliphatic heterocycles. The van der Waals surface area contributed by atoms with E-state index in [1.807, 2.05) is 0 Å². The third-order valence-electron chi connectivity index (χ3n) is 5.27. The molecule has 35 heavy (non-hydrogen) atoms. The number of aromatic nitrogens is 1. The maximum absolute atomic E-state index is 13.0. The number of alkyl halides is 3. The lowest BCUT2D eigenvalue weighted by Gasteiger charge is -2.20. The Kier molecular flexibility index (Phi) is 6.41. The number of carbonyl (C=O) groups excluding carboxylic acids is 3. The van der Waals surface area contributed by atoms with Crippen LogP contribution in [0.4, 0.5) is 29.5 Å². The van der Waals surface area contributed by atoms with Crippen LogP contribution in [0.5, 0.6) is 5.75 Å². The summed E-state index contributed by atoms with van der Waals surface area (Å²) in [4.78, 5) is 44.5. The van der Waals surface area contributed by atoms with Crippen LogP contribution in [-0.4, -0.2) is 40.1 Å². The molecule has 0 radical (unpaired) electrons. The molecule has 4 rings (SSSR count). The summed E-state index contributed by atoms with van der Waals surface area (Å²) in [5.41, 5.74) is 1.19. The van der Waals surface area contributed by atoms with Crippen molar-refractivity contribution < 1.29 is 32.3 Å². The Hall–Kier alpha value is -4.41. The van der Waals surface area contributed by atoms with Gasteiger partial charge in [0.15, 0.2) is 0 Å². The zero-order valence-corrected chi connectivity index (χ0v) is 18.3. The van der Waals surface area contributed by atoms with Crippen LogP contribution in [0.1, 0.15) is 22.8 Å². The molecular weight excluding hydrogens is 465 g/mol. The molecule has 0 aliphatic carbocycles. The van der Waals surface area contributed by atoms with Gasteiger partial charge in [0.1, 0.15) is 17.6 Å². The van der Waals surface area contributed by atoms with Crippen LogP contribution >= 0.6 is 0 Å². The van der Waals surface area contributed by atoms with Crippen molar-refractivity contribution in [3.05, 3.63) is 84.1 Å². The van der Waals surface area contributed by atoms with Gasteiger partial charge in [0.2, 0.25) is 0 Å². The van der Waals surface area contributed by atoms with E-state index in [0.717, 1.165) is 17.0 Å². The van der Waals surface area contributed by atoms with Crippen molar-refractivity contribution in [3.63, 3.8) is 0 Å². The molecule has 0 bridgehead atoms. The van der Waals surface area contributed by atoms with Gasteiger partial charge in [0.05, 0.1) is 5.69 Å². The van der Waals surface area contributed by atoms with Crippen LogP contribution < -0.4 is 15.0 Å². The summed E-state index contributed by atoms with van der Waals surface area (Å²) >= 11 is 0. The Morgan fingerprint density at radius 2 is 1.74 bits per heavy atom. The average Bonchev–Trinajstić information content (AvgIpc) is 3.02. The Morgan fingerprint density at radius 3 is 2.40 bits per heavy atom. The summed E-state index contributed by atoms with van der Waals surface area (Å²) in [7, 11) is 0. The van der Waals surface area contributed by atoms with E-state index in [1.54, 1.807) is 49.4 Å². The highest BCUT2D eigenvalue weighted by atomic mass is 19.4. The number of hydrogen-bond donors (Lipinski definition) is 1. The van der Waals surface area contributed by atoms with E-state index in [-0.39, 0.29) is 24.0 Å². The molecule has 8 nitrogen and oxygen atoms in total. The van der Waals surface area contributed by atoms with E-state index in [9.17, 15) is 27.6 Å². The van der Waals surface area contributed by atoms with Crippen LogP contribution in [-0.2, 0) is 11.3 Å². The molecule has 1 saturated heterocycles. The summed E-state index contributed by atoms with van der Waals surface area (Å²) in [6, 6.07) is 14.8. The Labute approximate surface area is 197 Å². The number of ether oxygens (including phenoxy) is 1. The number of urea groups is 1. The van der Waals surface area contributed by atoms with Crippen molar-refractivity contribution in [1.29, 1.82) is 0 Å². The summed E-state index contributed by atoms with van der Waals surface area (Å²) in [6.45, 7) is 1.61. The van der Waals surface area contributed by atoms with Gasteiger partial charge in [-0.05, 0) is 61.0 Å². The van der Waals surface area contributed by atoms with E-state index in [2.05, 4.69) is 15.0 Å². The molecule has 11 heteroatoms.